The Morgan fingerprint density at radius 1 is 1.14 bits per heavy atom. The monoisotopic (exact) mass is 495 g/mol. The summed E-state index contributed by atoms with van der Waals surface area (Å²) in [6, 6.07) is 4.28. The predicted octanol–water partition coefficient (Wildman–Crippen LogP) is 3.90. The van der Waals surface area contributed by atoms with Gasteiger partial charge >= 0.3 is 18.1 Å². The topological polar surface area (TPSA) is 90.9 Å². The number of Topliss-reactive ketones (excluding diaryl/α,β-unsaturated/α-hetero) is 1. The number of alkyl halides is 3. The van der Waals surface area contributed by atoms with Crippen molar-refractivity contribution in [2.24, 2.45) is 11.8 Å². The van der Waals surface area contributed by atoms with Gasteiger partial charge in [0.1, 0.15) is 12.5 Å². The predicted molar refractivity (Wildman–Crippen MR) is 119 cm³/mol. The Kier molecular flexibility index (Phi) is 8.04. The third-order valence-electron chi connectivity index (χ3n) is 6.20. The van der Waals surface area contributed by atoms with E-state index in [1.54, 1.807) is 20.8 Å². The number of rotatable bonds is 7. The second-order valence-electron chi connectivity index (χ2n) is 8.49. The molecule has 1 aromatic rings. The lowest BCUT2D eigenvalue weighted by Crippen LogP contribution is -2.43. The first-order valence-corrected chi connectivity index (χ1v) is 11.3. The molecule has 0 aromatic heterocycles. The van der Waals surface area contributed by atoms with Crippen LogP contribution in [-0.4, -0.2) is 44.7 Å². The minimum absolute atomic E-state index is 0.0368. The van der Waals surface area contributed by atoms with E-state index < -0.39 is 41.3 Å². The van der Waals surface area contributed by atoms with Crippen LogP contribution in [0.15, 0.2) is 46.8 Å². The van der Waals surface area contributed by atoms with Crippen LogP contribution in [-0.2, 0) is 34.8 Å². The number of dihydropyridines is 1. The first kappa shape index (κ1) is 26.5. The zero-order valence-corrected chi connectivity index (χ0v) is 20.0. The van der Waals surface area contributed by atoms with E-state index in [4.69, 9.17) is 14.2 Å². The van der Waals surface area contributed by atoms with E-state index in [0.29, 0.717) is 30.0 Å². The van der Waals surface area contributed by atoms with Gasteiger partial charge in [-0.3, -0.25) is 9.59 Å². The van der Waals surface area contributed by atoms with Crippen molar-refractivity contribution in [2.75, 3.05) is 26.9 Å². The molecule has 0 amide bonds. The molecule has 35 heavy (non-hydrogen) atoms. The molecule has 10 heteroatoms. The molecule has 0 radical (unpaired) electrons. The Labute approximate surface area is 201 Å². The lowest BCUT2D eigenvalue weighted by atomic mass is 9.69. The van der Waals surface area contributed by atoms with Crippen LogP contribution in [0.4, 0.5) is 13.2 Å². The molecule has 7 nitrogen and oxygen atoms in total. The first-order valence-electron chi connectivity index (χ1n) is 11.3. The number of ketones is 1. The first-order chi connectivity index (χ1) is 16.5. The molecular weight excluding hydrogens is 467 g/mol. The normalized spacial score (nSPS) is 22.5. The number of ether oxygens (including phenoxy) is 3. The molecule has 0 unspecified atom stereocenters. The van der Waals surface area contributed by atoms with Crippen molar-refractivity contribution in [2.45, 2.75) is 39.3 Å². The van der Waals surface area contributed by atoms with Gasteiger partial charge in [0.05, 0.1) is 24.9 Å². The summed E-state index contributed by atoms with van der Waals surface area (Å²) >= 11 is 0. The Bertz CT molecular complexity index is 1060. The Balaban J connectivity index is 2.09. The maximum absolute atomic E-state index is 13.6. The Hall–Kier alpha value is -3.14. The summed E-state index contributed by atoms with van der Waals surface area (Å²) < 4.78 is 54.9. The third-order valence-corrected chi connectivity index (χ3v) is 6.20. The summed E-state index contributed by atoms with van der Waals surface area (Å²) in [5.74, 6) is -4.44. The van der Waals surface area contributed by atoms with Crippen molar-refractivity contribution < 1.29 is 41.8 Å². The molecule has 190 valence electrons. The molecule has 1 N–H and O–H groups in total. The molecular formula is C25H28F3NO6. The highest BCUT2D eigenvalue weighted by Crippen LogP contribution is 2.45. The third kappa shape index (κ3) is 5.42. The second-order valence-corrected chi connectivity index (χ2v) is 8.49. The number of carbonyl (C=O) groups is 3. The molecule has 2 aliphatic rings. The highest BCUT2D eigenvalue weighted by atomic mass is 19.4. The SMILES string of the molecule is CCOCCOC(=O)C1=C(C)NC2=C(C(=O)[C@@H](C(=O)OC)[C@@H](C)C2)[C@@H]1c1ccc(C(F)(F)F)cc1. The quantitative estimate of drug-likeness (QED) is 0.349. The van der Waals surface area contributed by atoms with Crippen LogP contribution in [0.3, 0.4) is 0 Å². The molecule has 0 saturated carbocycles. The van der Waals surface area contributed by atoms with Gasteiger partial charge in [-0.05, 0) is 43.9 Å². The zero-order valence-electron chi connectivity index (χ0n) is 20.0. The summed E-state index contributed by atoms with van der Waals surface area (Å²) in [5.41, 5.74) is 0.631. The molecule has 0 bridgehead atoms. The fraction of sp³-hybridized carbons (Fsp3) is 0.480. The van der Waals surface area contributed by atoms with E-state index in [1.165, 1.54) is 19.2 Å². The average molecular weight is 495 g/mol. The van der Waals surface area contributed by atoms with Gasteiger partial charge in [0, 0.05) is 29.5 Å². The fourth-order valence-corrected chi connectivity index (χ4v) is 4.56. The number of benzene rings is 1. The number of hydrogen-bond acceptors (Lipinski definition) is 7. The lowest BCUT2D eigenvalue weighted by molar-refractivity contribution is -0.151. The number of methoxy groups -OCH3 is 1. The molecule has 0 spiro atoms. The van der Waals surface area contributed by atoms with Crippen molar-refractivity contribution >= 4 is 17.7 Å². The Morgan fingerprint density at radius 2 is 1.80 bits per heavy atom. The number of nitrogens with one attached hydrogen (secondary N) is 1. The van der Waals surface area contributed by atoms with E-state index in [2.05, 4.69) is 5.32 Å². The number of hydrogen-bond donors (Lipinski definition) is 1. The molecule has 1 heterocycles. The van der Waals surface area contributed by atoms with Gasteiger partial charge in [0.25, 0.3) is 0 Å². The van der Waals surface area contributed by atoms with Crippen LogP contribution in [0, 0.1) is 11.8 Å². The van der Waals surface area contributed by atoms with Crippen LogP contribution in [0.2, 0.25) is 0 Å². The number of allylic oxidation sites excluding steroid dienone is 3. The van der Waals surface area contributed by atoms with Gasteiger partial charge in [-0.1, -0.05) is 19.1 Å². The molecule has 3 atom stereocenters. The maximum atomic E-state index is 13.6. The van der Waals surface area contributed by atoms with Crippen molar-refractivity contribution in [1.29, 1.82) is 0 Å². The van der Waals surface area contributed by atoms with E-state index in [1.807, 2.05) is 0 Å². The standard InChI is InChI=1S/C25H28F3NO6/c1-5-34-10-11-35-24(32)19-14(3)29-17-12-13(2)18(23(31)33-4)22(30)21(17)20(19)15-6-8-16(9-7-15)25(26,27)28/h6-9,13,18,20,29H,5,10-12H2,1-4H3/t13-,18-,20+/m0/s1. The van der Waals surface area contributed by atoms with Crippen LogP contribution in [0.1, 0.15) is 44.2 Å². The summed E-state index contributed by atoms with van der Waals surface area (Å²) in [6.07, 6.45) is -4.22. The van der Waals surface area contributed by atoms with Gasteiger partial charge in [-0.25, -0.2) is 4.79 Å². The minimum Gasteiger partial charge on any atom is -0.468 e. The van der Waals surface area contributed by atoms with E-state index >= 15 is 0 Å². The average Bonchev–Trinajstić information content (AvgIpc) is 2.80. The summed E-state index contributed by atoms with van der Waals surface area (Å²) in [4.78, 5) is 39.1. The van der Waals surface area contributed by atoms with E-state index in [-0.39, 0.29) is 30.3 Å². The van der Waals surface area contributed by atoms with Crippen LogP contribution < -0.4 is 5.32 Å². The van der Waals surface area contributed by atoms with Gasteiger partial charge in [-0.15, -0.1) is 0 Å². The van der Waals surface area contributed by atoms with Crippen molar-refractivity contribution in [3.8, 4) is 0 Å². The van der Waals surface area contributed by atoms with Gasteiger partial charge < -0.3 is 19.5 Å². The molecule has 1 aromatic carbocycles. The molecule has 0 saturated heterocycles. The van der Waals surface area contributed by atoms with Crippen LogP contribution in [0.25, 0.3) is 0 Å². The highest BCUT2D eigenvalue weighted by molar-refractivity contribution is 6.12. The molecule has 1 aliphatic heterocycles. The molecule has 1 aliphatic carbocycles. The maximum Gasteiger partial charge on any atom is 0.416 e. The van der Waals surface area contributed by atoms with Crippen LogP contribution >= 0.6 is 0 Å². The summed E-state index contributed by atoms with van der Waals surface area (Å²) in [7, 11) is 1.18. The van der Waals surface area contributed by atoms with Crippen LogP contribution in [0.5, 0.6) is 0 Å². The van der Waals surface area contributed by atoms with E-state index in [0.717, 1.165) is 12.1 Å². The van der Waals surface area contributed by atoms with Gasteiger partial charge in [0.15, 0.2) is 5.78 Å². The van der Waals surface area contributed by atoms with Crippen molar-refractivity contribution in [3.05, 3.63) is 57.9 Å². The van der Waals surface area contributed by atoms with Gasteiger partial charge in [-0.2, -0.15) is 13.2 Å². The number of esters is 2. The fourth-order valence-electron chi connectivity index (χ4n) is 4.56. The highest BCUT2D eigenvalue weighted by Gasteiger charge is 2.47. The largest absolute Gasteiger partial charge is 0.468 e. The molecule has 0 fully saturated rings. The zero-order chi connectivity index (χ0) is 25.9. The van der Waals surface area contributed by atoms with Crippen molar-refractivity contribution in [1.82, 2.24) is 5.32 Å². The lowest BCUT2D eigenvalue weighted by Gasteiger charge is -2.38. The Morgan fingerprint density at radius 3 is 2.37 bits per heavy atom. The minimum atomic E-state index is -4.55. The van der Waals surface area contributed by atoms with Crippen molar-refractivity contribution in [3.63, 3.8) is 0 Å². The summed E-state index contributed by atoms with van der Waals surface area (Å²) in [5, 5.41) is 3.10. The number of carbonyl (C=O) groups excluding carboxylic acids is 3. The summed E-state index contributed by atoms with van der Waals surface area (Å²) in [6.45, 7) is 5.75. The van der Waals surface area contributed by atoms with Gasteiger partial charge in [0.2, 0.25) is 0 Å². The smallest absolute Gasteiger partial charge is 0.416 e. The van der Waals surface area contributed by atoms with E-state index in [9.17, 15) is 27.6 Å². The number of halogens is 3. The molecule has 3 rings (SSSR count). The second kappa shape index (κ2) is 10.6.